The van der Waals surface area contributed by atoms with E-state index in [9.17, 15) is 0 Å². The van der Waals surface area contributed by atoms with Crippen LogP contribution in [0.1, 0.15) is 72.7 Å². The van der Waals surface area contributed by atoms with E-state index < -0.39 is 0 Å². The Hall–Kier alpha value is -1.08. The fourth-order valence-corrected chi connectivity index (χ4v) is 13.3. The summed E-state index contributed by atoms with van der Waals surface area (Å²) in [5, 5.41) is 3.67. The molecule has 5 rings (SSSR count). The van der Waals surface area contributed by atoms with Gasteiger partial charge in [0.1, 0.15) is 0 Å². The first-order valence-corrected chi connectivity index (χ1v) is 14.0. The number of hydrogen-bond acceptors (Lipinski definition) is 0. The molecule has 0 nitrogen and oxygen atoms in total. The first kappa shape index (κ1) is 23.6. The van der Waals surface area contributed by atoms with E-state index in [0.29, 0.717) is 0 Å². The van der Waals surface area contributed by atoms with Crippen LogP contribution >= 0.6 is 7.92 Å². The molecule has 1 heterocycles. The van der Waals surface area contributed by atoms with Gasteiger partial charge in [0, 0.05) is 0 Å². The summed E-state index contributed by atoms with van der Waals surface area (Å²) in [5.74, 6) is 0. The maximum absolute atomic E-state index is 2.65. The van der Waals surface area contributed by atoms with Gasteiger partial charge in [0.25, 0.3) is 0 Å². The predicted octanol–water partition coefficient (Wildman–Crippen LogP) is 1.80. The van der Waals surface area contributed by atoms with E-state index in [1.807, 2.05) is 10.6 Å². The number of rotatable bonds is 3. The minimum Gasteiger partial charge on any atom is -1.00 e. The molecule has 0 saturated carbocycles. The van der Waals surface area contributed by atoms with E-state index in [1.54, 1.807) is 22.3 Å². The van der Waals surface area contributed by atoms with Crippen LogP contribution in [-0.2, 0) is 19.2 Å². The number of allylic oxidation sites excluding steroid dienone is 2. The minimum atomic E-state index is -0.147. The van der Waals surface area contributed by atoms with Gasteiger partial charge in [-0.25, -0.2) is 0 Å². The Labute approximate surface area is 189 Å². The van der Waals surface area contributed by atoms with Gasteiger partial charge in [-0.05, 0) is 0 Å². The Kier molecular flexibility index (Phi) is 6.93. The van der Waals surface area contributed by atoms with Crippen molar-refractivity contribution in [3.05, 3.63) is 79.4 Å². The molecule has 2 aromatic rings. The van der Waals surface area contributed by atoms with Gasteiger partial charge in [-0.15, -0.1) is 0 Å². The van der Waals surface area contributed by atoms with Crippen molar-refractivity contribution in [3.8, 4) is 0 Å². The van der Waals surface area contributed by atoms with Gasteiger partial charge < -0.3 is 9.41 Å². The second-order valence-corrected chi connectivity index (χ2v) is 13.4. The molecule has 2 unspecified atom stereocenters. The Balaban J connectivity index is 0.00000128. The normalized spacial score (nSPS) is 22.1. The molecule has 3 aliphatic rings. The number of fused-ring (bicyclic) bond motifs is 6. The van der Waals surface area contributed by atoms with Crippen molar-refractivity contribution in [2.24, 2.45) is 0 Å². The molecule has 0 bridgehead atoms. The average molecular weight is 458 g/mol. The standard InChI is InChI=1S/C26H29P.2FH.Ti/c1-6-7-12-27(21-13-23-17(2)8-9-18(3)24(23)14-21)22-15-25-19(4)10-11-20(5)26(25)16-22;;;/h8-11,13-16H,6-7,12H2,1-5H3;2*1H;/q;;;+2/p-2. The summed E-state index contributed by atoms with van der Waals surface area (Å²) in [6.45, 7) is 11.7. The number of aryl methyl sites for hydroxylation is 4. The third-order valence-corrected chi connectivity index (χ3v) is 13.3. The minimum absolute atomic E-state index is 0. The fourth-order valence-electron chi connectivity index (χ4n) is 5.31. The number of hydrogen-bond donors (Lipinski definition) is 0. The van der Waals surface area contributed by atoms with Crippen LogP contribution in [0.5, 0.6) is 0 Å². The predicted molar refractivity (Wildman–Crippen MR) is 120 cm³/mol. The van der Waals surface area contributed by atoms with Crippen molar-refractivity contribution >= 4 is 20.1 Å². The number of benzene rings is 2. The summed E-state index contributed by atoms with van der Waals surface area (Å²) in [5.41, 5.74) is 12.6. The molecule has 156 valence electrons. The molecule has 4 heteroatoms. The SMILES string of the molecule is CCCCP1C2=Cc3c(C)ccc(C)c3[CH]2[Ti+2][CH]2C1=Cc1c(C)ccc(C)c12.[F-].[F-]. The monoisotopic (exact) mass is 458 g/mol. The molecule has 0 N–H and O–H groups in total. The van der Waals surface area contributed by atoms with Crippen LogP contribution in [0.2, 0.25) is 0 Å². The molecule has 1 saturated heterocycles. The van der Waals surface area contributed by atoms with E-state index >= 15 is 0 Å². The van der Waals surface area contributed by atoms with Crippen LogP contribution < -0.4 is 9.41 Å². The largest absolute Gasteiger partial charge is 1.00 e. The molecule has 30 heavy (non-hydrogen) atoms. The molecular weight excluding hydrogens is 429 g/mol. The van der Waals surface area contributed by atoms with Gasteiger partial charge >= 0.3 is 181 Å². The number of halogens is 2. The third kappa shape index (κ3) is 3.40. The zero-order valence-corrected chi connectivity index (χ0v) is 20.9. The van der Waals surface area contributed by atoms with Crippen LogP contribution in [0.15, 0.2) is 34.9 Å². The molecule has 0 radical (unpaired) electrons. The van der Waals surface area contributed by atoms with E-state index in [2.05, 4.69) is 71.0 Å². The van der Waals surface area contributed by atoms with Gasteiger partial charge in [-0.1, -0.05) is 0 Å². The van der Waals surface area contributed by atoms with Crippen LogP contribution in [0.4, 0.5) is 0 Å². The Morgan fingerprint density at radius 2 is 1.17 bits per heavy atom. The van der Waals surface area contributed by atoms with E-state index in [1.165, 1.54) is 41.3 Å². The Bertz CT molecular complexity index is 974. The van der Waals surface area contributed by atoms with Crippen LogP contribution in [-0.4, -0.2) is 6.16 Å². The van der Waals surface area contributed by atoms with Gasteiger partial charge in [0.05, 0.1) is 0 Å². The molecule has 0 amide bonds. The molecule has 1 fully saturated rings. The van der Waals surface area contributed by atoms with Gasteiger partial charge in [0.2, 0.25) is 0 Å². The summed E-state index contributed by atoms with van der Waals surface area (Å²) in [7, 11) is -0.147. The van der Waals surface area contributed by atoms with Gasteiger partial charge in [-0.3, -0.25) is 0 Å². The Morgan fingerprint density at radius 1 is 0.733 bits per heavy atom. The van der Waals surface area contributed by atoms with E-state index in [4.69, 9.17) is 0 Å². The van der Waals surface area contributed by atoms with Crippen molar-refractivity contribution in [2.75, 3.05) is 6.16 Å². The molecule has 2 atom stereocenters. The topological polar surface area (TPSA) is 0 Å². The van der Waals surface area contributed by atoms with Crippen LogP contribution in [0.3, 0.4) is 0 Å². The van der Waals surface area contributed by atoms with E-state index in [0.717, 1.165) is 8.45 Å². The molecule has 0 aromatic heterocycles. The van der Waals surface area contributed by atoms with Crippen molar-refractivity contribution in [1.29, 1.82) is 0 Å². The average Bonchev–Trinajstić information content (AvgIpc) is 3.25. The van der Waals surface area contributed by atoms with Crippen LogP contribution in [0.25, 0.3) is 12.2 Å². The summed E-state index contributed by atoms with van der Waals surface area (Å²) in [4.78, 5) is 0. The molecule has 2 aliphatic carbocycles. The first-order chi connectivity index (χ1) is 13.5. The fraction of sp³-hybridized carbons (Fsp3) is 0.385. The smallest absolute Gasteiger partial charge is 1.00 e. The van der Waals surface area contributed by atoms with Crippen molar-refractivity contribution in [3.63, 3.8) is 0 Å². The van der Waals surface area contributed by atoms with Gasteiger partial charge in [0.15, 0.2) is 0 Å². The van der Waals surface area contributed by atoms with E-state index in [-0.39, 0.29) is 36.5 Å². The zero-order valence-electron chi connectivity index (χ0n) is 18.4. The van der Waals surface area contributed by atoms with Crippen LogP contribution in [0, 0.1) is 27.7 Å². The van der Waals surface area contributed by atoms with Crippen molar-refractivity contribution in [1.82, 2.24) is 0 Å². The zero-order chi connectivity index (χ0) is 19.6. The molecular formula is C26H29F2PTi. The van der Waals surface area contributed by atoms with Crippen molar-refractivity contribution in [2.45, 2.75) is 55.9 Å². The second-order valence-electron chi connectivity index (χ2n) is 8.73. The van der Waals surface area contributed by atoms with Gasteiger partial charge in [-0.2, -0.15) is 0 Å². The maximum atomic E-state index is 2.65. The Morgan fingerprint density at radius 3 is 1.60 bits per heavy atom. The second kappa shape index (κ2) is 8.81. The maximum Gasteiger partial charge on any atom is -1.00 e. The molecule has 2 aromatic carbocycles. The summed E-state index contributed by atoms with van der Waals surface area (Å²) >= 11 is -0.143. The third-order valence-electron chi connectivity index (χ3n) is 6.89. The quantitative estimate of drug-likeness (QED) is 0.486. The van der Waals surface area contributed by atoms with Crippen molar-refractivity contribution < 1.29 is 28.6 Å². The summed E-state index contributed by atoms with van der Waals surface area (Å²) in [6, 6.07) is 9.41. The number of unbranched alkanes of at least 4 members (excludes halogenated alkanes) is 1. The molecule has 1 aliphatic heterocycles. The summed E-state index contributed by atoms with van der Waals surface area (Å²) < 4.78 is 1.54. The summed E-state index contributed by atoms with van der Waals surface area (Å²) in [6.07, 6.45) is 9.35. The first-order valence-electron chi connectivity index (χ1n) is 10.7. The molecule has 0 spiro atoms.